The van der Waals surface area contributed by atoms with Gasteiger partial charge in [0.25, 0.3) is 0 Å². The molecule has 0 aromatic carbocycles. The smallest absolute Gasteiger partial charge is 0.194 e. The molecule has 6 heteroatoms. The zero-order chi connectivity index (χ0) is 10.3. The van der Waals surface area contributed by atoms with Crippen molar-refractivity contribution < 1.29 is 5.11 Å². The van der Waals surface area contributed by atoms with Gasteiger partial charge in [0, 0.05) is 12.4 Å². The Kier molecular flexibility index (Phi) is 2.04. The molecule has 0 aliphatic heterocycles. The van der Waals surface area contributed by atoms with E-state index in [1.165, 1.54) is 0 Å². The predicted molar refractivity (Wildman–Crippen MR) is 53.7 cm³/mol. The fourth-order valence-corrected chi connectivity index (χ4v) is 1.60. The first-order valence-corrected chi connectivity index (χ1v) is 4.87. The SMILES string of the molecule is CC(C)(O)c1nnc2c(Br)nccn12. The van der Waals surface area contributed by atoms with Crippen molar-refractivity contribution in [3.05, 3.63) is 22.8 Å². The molecule has 0 fully saturated rings. The first-order chi connectivity index (χ1) is 6.50. The number of halogens is 1. The highest BCUT2D eigenvalue weighted by molar-refractivity contribution is 9.10. The number of aliphatic hydroxyl groups is 1. The summed E-state index contributed by atoms with van der Waals surface area (Å²) in [7, 11) is 0. The van der Waals surface area contributed by atoms with E-state index in [2.05, 4.69) is 31.1 Å². The first kappa shape index (κ1) is 9.54. The highest BCUT2D eigenvalue weighted by Crippen LogP contribution is 2.20. The summed E-state index contributed by atoms with van der Waals surface area (Å²) in [6, 6.07) is 0. The van der Waals surface area contributed by atoms with E-state index in [-0.39, 0.29) is 0 Å². The molecular weight excluding hydrogens is 248 g/mol. The fraction of sp³-hybridized carbons (Fsp3) is 0.375. The lowest BCUT2D eigenvalue weighted by Gasteiger charge is -2.14. The van der Waals surface area contributed by atoms with Crippen molar-refractivity contribution in [2.75, 3.05) is 0 Å². The van der Waals surface area contributed by atoms with E-state index in [4.69, 9.17) is 0 Å². The van der Waals surface area contributed by atoms with Gasteiger partial charge in [-0.1, -0.05) is 0 Å². The van der Waals surface area contributed by atoms with Crippen molar-refractivity contribution in [1.29, 1.82) is 0 Å². The molecule has 2 aromatic heterocycles. The maximum absolute atomic E-state index is 9.81. The number of fused-ring (bicyclic) bond motifs is 1. The average molecular weight is 257 g/mol. The van der Waals surface area contributed by atoms with Gasteiger partial charge in [0.1, 0.15) is 5.60 Å². The van der Waals surface area contributed by atoms with Gasteiger partial charge >= 0.3 is 0 Å². The summed E-state index contributed by atoms with van der Waals surface area (Å²) in [6.45, 7) is 3.33. The predicted octanol–water partition coefficient (Wildman–Crippen LogP) is 1.11. The Morgan fingerprint density at radius 1 is 1.43 bits per heavy atom. The Morgan fingerprint density at radius 3 is 2.79 bits per heavy atom. The van der Waals surface area contributed by atoms with Gasteiger partial charge in [-0.15, -0.1) is 10.2 Å². The van der Waals surface area contributed by atoms with Crippen LogP contribution in [0.5, 0.6) is 0 Å². The van der Waals surface area contributed by atoms with Crippen LogP contribution in [0.1, 0.15) is 19.7 Å². The third-order valence-corrected chi connectivity index (χ3v) is 2.39. The molecule has 74 valence electrons. The first-order valence-electron chi connectivity index (χ1n) is 4.08. The average Bonchev–Trinajstić information content (AvgIpc) is 2.47. The number of hydrogen-bond donors (Lipinski definition) is 1. The Hall–Kier alpha value is -1.01. The quantitative estimate of drug-likeness (QED) is 0.831. The molecule has 0 unspecified atom stereocenters. The Bertz CT molecular complexity index is 474. The van der Waals surface area contributed by atoms with Crippen LogP contribution in [0.2, 0.25) is 0 Å². The van der Waals surface area contributed by atoms with E-state index in [0.29, 0.717) is 16.1 Å². The van der Waals surface area contributed by atoms with Crippen LogP contribution in [0, 0.1) is 0 Å². The minimum absolute atomic E-state index is 0.496. The Balaban J connectivity index is 2.76. The third kappa shape index (κ3) is 1.40. The van der Waals surface area contributed by atoms with E-state index in [1.54, 1.807) is 30.6 Å². The van der Waals surface area contributed by atoms with Crippen molar-refractivity contribution in [1.82, 2.24) is 19.6 Å². The van der Waals surface area contributed by atoms with Crippen LogP contribution < -0.4 is 0 Å². The second-order valence-corrected chi connectivity index (χ2v) is 4.25. The summed E-state index contributed by atoms with van der Waals surface area (Å²) in [4.78, 5) is 4.01. The number of hydrogen-bond acceptors (Lipinski definition) is 4. The van der Waals surface area contributed by atoms with Crippen molar-refractivity contribution in [2.24, 2.45) is 0 Å². The van der Waals surface area contributed by atoms with Gasteiger partial charge in [-0.05, 0) is 29.8 Å². The Morgan fingerprint density at radius 2 is 2.14 bits per heavy atom. The summed E-state index contributed by atoms with van der Waals surface area (Å²) in [6.07, 6.45) is 3.34. The molecule has 2 aromatic rings. The molecule has 2 heterocycles. The Labute approximate surface area is 88.9 Å². The van der Waals surface area contributed by atoms with E-state index in [1.807, 2.05) is 0 Å². The third-order valence-electron chi connectivity index (χ3n) is 1.83. The van der Waals surface area contributed by atoms with E-state index < -0.39 is 5.60 Å². The van der Waals surface area contributed by atoms with Gasteiger partial charge in [-0.2, -0.15) is 0 Å². The lowest BCUT2D eigenvalue weighted by Crippen LogP contribution is -2.19. The standard InChI is InChI=1S/C8H9BrN4O/c1-8(2,14)7-12-11-6-5(9)10-3-4-13(6)7/h3-4,14H,1-2H3. The minimum atomic E-state index is -1.01. The molecule has 1 N–H and O–H groups in total. The number of aromatic nitrogens is 4. The monoisotopic (exact) mass is 256 g/mol. The highest BCUT2D eigenvalue weighted by atomic mass is 79.9. The van der Waals surface area contributed by atoms with Crippen molar-refractivity contribution in [3.63, 3.8) is 0 Å². The number of nitrogens with zero attached hydrogens (tertiary/aromatic N) is 4. The second kappa shape index (κ2) is 2.99. The molecule has 5 nitrogen and oxygen atoms in total. The zero-order valence-electron chi connectivity index (χ0n) is 7.77. The molecule has 14 heavy (non-hydrogen) atoms. The number of rotatable bonds is 1. The maximum Gasteiger partial charge on any atom is 0.194 e. The summed E-state index contributed by atoms with van der Waals surface area (Å²) in [5.41, 5.74) is -0.412. The van der Waals surface area contributed by atoms with Gasteiger partial charge in [0.05, 0.1) is 0 Å². The molecule has 2 rings (SSSR count). The molecule has 0 aliphatic carbocycles. The summed E-state index contributed by atoms with van der Waals surface area (Å²) in [5, 5.41) is 17.7. The van der Waals surface area contributed by atoms with Crippen LogP contribution in [-0.4, -0.2) is 24.7 Å². The van der Waals surface area contributed by atoms with Crippen molar-refractivity contribution in [2.45, 2.75) is 19.4 Å². The van der Waals surface area contributed by atoms with Crippen LogP contribution >= 0.6 is 15.9 Å². The van der Waals surface area contributed by atoms with Crippen LogP contribution in [0.25, 0.3) is 5.65 Å². The molecule has 0 spiro atoms. The summed E-state index contributed by atoms with van der Waals surface area (Å²) >= 11 is 3.26. The van der Waals surface area contributed by atoms with Crippen LogP contribution in [0.4, 0.5) is 0 Å². The molecule has 0 atom stereocenters. The molecule has 0 bridgehead atoms. The van der Waals surface area contributed by atoms with Crippen LogP contribution in [-0.2, 0) is 5.60 Å². The van der Waals surface area contributed by atoms with E-state index in [0.717, 1.165) is 0 Å². The fourth-order valence-electron chi connectivity index (χ4n) is 1.21. The summed E-state index contributed by atoms with van der Waals surface area (Å²) < 4.78 is 2.32. The largest absolute Gasteiger partial charge is 0.382 e. The molecule has 0 radical (unpaired) electrons. The normalized spacial score (nSPS) is 12.3. The van der Waals surface area contributed by atoms with Gasteiger partial charge in [-0.25, -0.2) is 4.98 Å². The van der Waals surface area contributed by atoms with Gasteiger partial charge in [0.15, 0.2) is 16.1 Å². The maximum atomic E-state index is 9.81. The molecule has 0 aliphatic rings. The van der Waals surface area contributed by atoms with Gasteiger partial charge in [-0.3, -0.25) is 4.40 Å². The van der Waals surface area contributed by atoms with Crippen molar-refractivity contribution in [3.8, 4) is 0 Å². The van der Waals surface area contributed by atoms with Crippen molar-refractivity contribution >= 4 is 21.6 Å². The zero-order valence-corrected chi connectivity index (χ0v) is 9.35. The van der Waals surface area contributed by atoms with Gasteiger partial charge in [0.2, 0.25) is 0 Å². The lowest BCUT2D eigenvalue weighted by atomic mass is 10.1. The summed E-state index contributed by atoms with van der Waals surface area (Å²) in [5.74, 6) is 0.496. The minimum Gasteiger partial charge on any atom is -0.382 e. The van der Waals surface area contributed by atoms with Crippen LogP contribution in [0.3, 0.4) is 0 Å². The molecule has 0 amide bonds. The molecule has 0 saturated heterocycles. The molecule has 0 saturated carbocycles. The lowest BCUT2D eigenvalue weighted by molar-refractivity contribution is 0.0676. The highest BCUT2D eigenvalue weighted by Gasteiger charge is 2.23. The second-order valence-electron chi connectivity index (χ2n) is 3.49. The van der Waals surface area contributed by atoms with E-state index in [9.17, 15) is 5.11 Å². The van der Waals surface area contributed by atoms with Crippen LogP contribution in [0.15, 0.2) is 17.0 Å². The van der Waals surface area contributed by atoms with E-state index >= 15 is 0 Å². The topological polar surface area (TPSA) is 63.3 Å². The van der Waals surface area contributed by atoms with Gasteiger partial charge < -0.3 is 5.11 Å². The molecular formula is C8H9BrN4O.